The minimum absolute atomic E-state index is 0.00795. The molecular weight excluding hydrogens is 467 g/mol. The lowest BCUT2D eigenvalue weighted by Gasteiger charge is -2.50. The van der Waals surface area contributed by atoms with Crippen LogP contribution >= 0.6 is 0 Å². The van der Waals surface area contributed by atoms with Gasteiger partial charge in [0.25, 0.3) is 15.9 Å². The first-order valence-corrected chi connectivity index (χ1v) is 14.1. The second kappa shape index (κ2) is 8.09. The number of benzene rings is 2. The van der Waals surface area contributed by atoms with Gasteiger partial charge in [-0.2, -0.15) is 0 Å². The minimum Gasteiger partial charge on any atom is -0.347 e. The van der Waals surface area contributed by atoms with Crippen LogP contribution in [0.2, 0.25) is 0 Å². The van der Waals surface area contributed by atoms with E-state index in [1.807, 2.05) is 0 Å². The molecule has 5 rings (SSSR count). The molecule has 0 saturated heterocycles. The number of fused-ring (bicyclic) bond motifs is 3. The number of carbonyl (C=O) groups excluding carboxylic acids is 1. The fraction of sp³-hybridized carbons (Fsp3) is 0.435. The third kappa shape index (κ3) is 4.91. The summed E-state index contributed by atoms with van der Waals surface area (Å²) in [5.41, 5.74) is -0.527. The summed E-state index contributed by atoms with van der Waals surface area (Å²) in [6.45, 7) is 1.78. The van der Waals surface area contributed by atoms with E-state index in [0.717, 1.165) is 11.8 Å². The number of nitrogens with one attached hydrogen (secondary N) is 2. The highest BCUT2D eigenvalue weighted by Crippen LogP contribution is 2.49. The van der Waals surface area contributed by atoms with Crippen LogP contribution in [0.1, 0.15) is 54.4 Å². The Bertz CT molecular complexity index is 1280. The van der Waals surface area contributed by atoms with Gasteiger partial charge in [0, 0.05) is 11.8 Å². The van der Waals surface area contributed by atoms with Crippen molar-refractivity contribution >= 4 is 31.5 Å². The van der Waals surface area contributed by atoms with Crippen molar-refractivity contribution in [1.82, 2.24) is 5.32 Å². The molecule has 3 aliphatic rings. The molecule has 1 amide bonds. The minimum atomic E-state index is -4.08. The van der Waals surface area contributed by atoms with Crippen molar-refractivity contribution in [1.29, 1.82) is 0 Å². The smallest absolute Gasteiger partial charge is 0.261 e. The van der Waals surface area contributed by atoms with E-state index < -0.39 is 37.0 Å². The van der Waals surface area contributed by atoms with Crippen molar-refractivity contribution in [2.45, 2.75) is 66.4 Å². The number of hydrogen-bond acceptors (Lipinski definition) is 5. The van der Waals surface area contributed by atoms with E-state index in [4.69, 9.17) is 0 Å². The Morgan fingerprint density at radius 3 is 1.97 bits per heavy atom. The highest BCUT2D eigenvalue weighted by molar-refractivity contribution is 7.92. The number of anilines is 1. The molecule has 2 bridgehead atoms. The maximum Gasteiger partial charge on any atom is 0.261 e. The number of amides is 1. The van der Waals surface area contributed by atoms with Crippen LogP contribution in [-0.4, -0.2) is 40.2 Å². The third-order valence-electron chi connectivity index (χ3n) is 6.76. The fourth-order valence-electron chi connectivity index (χ4n) is 4.65. The second-order valence-electron chi connectivity index (χ2n) is 9.28. The first-order valence-electron chi connectivity index (χ1n) is 10.8. The summed E-state index contributed by atoms with van der Waals surface area (Å²) in [5.74, 6) is -0.409. The van der Waals surface area contributed by atoms with Crippen LogP contribution in [0, 0.1) is 6.92 Å². The third-order valence-corrected chi connectivity index (χ3v) is 9.27. The average Bonchev–Trinajstić information content (AvgIpc) is 2.74. The molecule has 0 radical (unpaired) electrons. The van der Waals surface area contributed by atoms with Gasteiger partial charge in [0.1, 0.15) is 5.67 Å². The SMILES string of the molecule is Cc1ccc(C(=O)NC23CCC(F)(CC2)CC3)c(NS(=O)(=O)c2ccc(S(C)(=O)=O)cc2)c1. The maximum absolute atomic E-state index is 14.5. The van der Waals surface area contributed by atoms with Gasteiger partial charge in [-0.25, -0.2) is 21.2 Å². The van der Waals surface area contributed by atoms with Gasteiger partial charge in [-0.1, -0.05) is 6.07 Å². The van der Waals surface area contributed by atoms with Crippen LogP contribution in [0.15, 0.2) is 52.3 Å². The molecule has 3 saturated carbocycles. The lowest BCUT2D eigenvalue weighted by molar-refractivity contribution is -0.00649. The molecule has 2 aromatic carbocycles. The Balaban J connectivity index is 1.59. The lowest BCUT2D eigenvalue weighted by atomic mass is 9.64. The molecular formula is C23H27FN2O5S2. The predicted molar refractivity (Wildman–Crippen MR) is 123 cm³/mol. The zero-order valence-corrected chi connectivity index (χ0v) is 20.2. The van der Waals surface area contributed by atoms with Crippen LogP contribution in [0.3, 0.4) is 0 Å². The van der Waals surface area contributed by atoms with Gasteiger partial charge in [0.2, 0.25) is 0 Å². The first kappa shape index (κ1) is 23.7. The van der Waals surface area contributed by atoms with Crippen molar-refractivity contribution in [2.75, 3.05) is 11.0 Å². The van der Waals surface area contributed by atoms with Crippen molar-refractivity contribution in [3.05, 3.63) is 53.6 Å². The fourth-order valence-corrected chi connectivity index (χ4v) is 6.35. The molecule has 0 spiro atoms. The molecule has 0 aliphatic heterocycles. The Hall–Kier alpha value is -2.46. The molecule has 10 heteroatoms. The topological polar surface area (TPSA) is 109 Å². The maximum atomic E-state index is 14.5. The highest BCUT2D eigenvalue weighted by Gasteiger charge is 2.49. The summed E-state index contributed by atoms with van der Waals surface area (Å²) in [4.78, 5) is 13.1. The van der Waals surface area contributed by atoms with Crippen LogP contribution in [0.5, 0.6) is 0 Å². The van der Waals surface area contributed by atoms with Crippen molar-refractivity contribution in [3.8, 4) is 0 Å². The van der Waals surface area contributed by atoms with E-state index >= 15 is 0 Å². The first-order chi connectivity index (χ1) is 15.3. The van der Waals surface area contributed by atoms with Gasteiger partial charge in [0.05, 0.1) is 21.0 Å². The average molecular weight is 495 g/mol. The zero-order valence-electron chi connectivity index (χ0n) is 18.5. The van der Waals surface area contributed by atoms with Crippen molar-refractivity contribution < 1.29 is 26.0 Å². The Labute approximate surface area is 193 Å². The van der Waals surface area contributed by atoms with Crippen molar-refractivity contribution in [2.24, 2.45) is 0 Å². The standard InChI is InChI=1S/C23H27FN2O5S2/c1-16-3-8-19(21(27)25-23-12-9-22(24,10-13-23)11-14-23)20(15-16)26-33(30,31)18-6-4-17(5-7-18)32(2,28)29/h3-8,15,26H,9-14H2,1-2H3,(H,25,27). The summed E-state index contributed by atoms with van der Waals surface area (Å²) < 4.78 is 66.2. The van der Waals surface area contributed by atoms with E-state index in [9.17, 15) is 26.0 Å². The quantitative estimate of drug-likeness (QED) is 0.636. The van der Waals surface area contributed by atoms with Gasteiger partial charge in [-0.3, -0.25) is 9.52 Å². The van der Waals surface area contributed by atoms with Crippen LogP contribution in [-0.2, 0) is 19.9 Å². The van der Waals surface area contributed by atoms with E-state index in [2.05, 4.69) is 10.0 Å². The van der Waals surface area contributed by atoms with Gasteiger partial charge in [-0.15, -0.1) is 0 Å². The Morgan fingerprint density at radius 1 is 0.879 bits per heavy atom. The number of hydrogen-bond donors (Lipinski definition) is 2. The molecule has 2 N–H and O–H groups in total. The van der Waals surface area contributed by atoms with Crippen LogP contribution in [0.25, 0.3) is 0 Å². The monoisotopic (exact) mass is 494 g/mol. The largest absolute Gasteiger partial charge is 0.347 e. The molecule has 33 heavy (non-hydrogen) atoms. The molecule has 0 atom stereocenters. The summed E-state index contributed by atoms with van der Waals surface area (Å²) in [7, 11) is -7.54. The molecule has 178 valence electrons. The van der Waals surface area contributed by atoms with Crippen LogP contribution in [0.4, 0.5) is 10.1 Å². The summed E-state index contributed by atoms with van der Waals surface area (Å²) in [6.07, 6.45) is 4.00. The van der Waals surface area contributed by atoms with E-state index in [1.165, 1.54) is 24.3 Å². The van der Waals surface area contributed by atoms with E-state index in [1.54, 1.807) is 25.1 Å². The van der Waals surface area contributed by atoms with Gasteiger partial charge >= 0.3 is 0 Å². The molecule has 3 fully saturated rings. The number of halogens is 1. The van der Waals surface area contributed by atoms with E-state index in [-0.39, 0.29) is 21.0 Å². The summed E-state index contributed by atoms with van der Waals surface area (Å²) in [6, 6.07) is 9.73. The number of alkyl halides is 1. The molecule has 3 aliphatic carbocycles. The molecule has 0 unspecified atom stereocenters. The number of sulfone groups is 1. The van der Waals surface area contributed by atoms with Crippen LogP contribution < -0.4 is 10.0 Å². The molecule has 7 nitrogen and oxygen atoms in total. The molecule has 2 aromatic rings. The van der Waals surface area contributed by atoms with Crippen molar-refractivity contribution in [3.63, 3.8) is 0 Å². The molecule has 0 heterocycles. The molecule has 0 aromatic heterocycles. The van der Waals surface area contributed by atoms with Gasteiger partial charge < -0.3 is 5.32 Å². The lowest BCUT2D eigenvalue weighted by Crippen LogP contribution is -2.57. The zero-order chi connectivity index (χ0) is 24.1. The van der Waals surface area contributed by atoms with Gasteiger partial charge in [0.15, 0.2) is 9.84 Å². The van der Waals surface area contributed by atoms with Gasteiger partial charge in [-0.05, 0) is 87.4 Å². The number of carbonyl (C=O) groups is 1. The van der Waals surface area contributed by atoms with E-state index in [0.29, 0.717) is 38.5 Å². The Morgan fingerprint density at radius 2 is 1.42 bits per heavy atom. The highest BCUT2D eigenvalue weighted by atomic mass is 32.2. The second-order valence-corrected chi connectivity index (χ2v) is 13.0. The number of sulfonamides is 1. The number of rotatable bonds is 6. The predicted octanol–water partition coefficient (Wildman–Crippen LogP) is 3.74. The normalized spacial score (nSPS) is 24.9. The summed E-state index contributed by atoms with van der Waals surface area (Å²) in [5, 5.41) is 3.06. The Kier molecular flexibility index (Phi) is 5.81. The number of aryl methyl sites for hydroxylation is 1. The summed E-state index contributed by atoms with van der Waals surface area (Å²) >= 11 is 0.